The summed E-state index contributed by atoms with van der Waals surface area (Å²) in [5, 5.41) is 0.555. The van der Waals surface area contributed by atoms with Gasteiger partial charge in [-0.2, -0.15) is 0 Å². The highest BCUT2D eigenvalue weighted by atomic mass is 32.1. The molecule has 0 radical (unpaired) electrons. The number of aryl methyl sites for hydroxylation is 1. The lowest BCUT2D eigenvalue weighted by Crippen LogP contribution is -2.25. The number of hydrogen-bond acceptors (Lipinski definition) is 6. The summed E-state index contributed by atoms with van der Waals surface area (Å²) in [4.78, 5) is 29.8. The molecule has 0 spiro atoms. The third-order valence-corrected chi connectivity index (χ3v) is 3.95. The van der Waals surface area contributed by atoms with Crippen molar-refractivity contribution in [1.29, 1.82) is 0 Å². The van der Waals surface area contributed by atoms with Crippen LogP contribution in [0.15, 0.2) is 17.2 Å². The molecular weight excluding hydrogens is 280 g/mol. The first-order valence-corrected chi connectivity index (χ1v) is 7.09. The quantitative estimate of drug-likeness (QED) is 0.592. The van der Waals surface area contributed by atoms with Crippen molar-refractivity contribution < 1.29 is 14.3 Å². The minimum atomic E-state index is -0.476. The standard InChI is InChI=1S/C13H16N2O4S/c1-3-9-6-10-12(20-9)14-8-15(13(10)17)7-11(16)19-5-4-18-2/h6,8H,3-5,7H2,1-2H3. The summed E-state index contributed by atoms with van der Waals surface area (Å²) in [7, 11) is 1.53. The Bertz CT molecular complexity index is 662. The van der Waals surface area contributed by atoms with Gasteiger partial charge in [0.25, 0.3) is 5.56 Å². The second-order valence-electron chi connectivity index (χ2n) is 4.18. The second kappa shape index (κ2) is 6.62. The summed E-state index contributed by atoms with van der Waals surface area (Å²) >= 11 is 1.50. The first-order chi connectivity index (χ1) is 9.65. The number of esters is 1. The van der Waals surface area contributed by atoms with E-state index in [1.807, 2.05) is 13.0 Å². The van der Waals surface area contributed by atoms with E-state index in [0.717, 1.165) is 11.3 Å². The first kappa shape index (κ1) is 14.7. The molecule has 20 heavy (non-hydrogen) atoms. The Labute approximate surface area is 120 Å². The Morgan fingerprint density at radius 3 is 2.95 bits per heavy atom. The van der Waals surface area contributed by atoms with Crippen LogP contribution in [0.25, 0.3) is 10.2 Å². The SMILES string of the molecule is CCc1cc2c(=O)n(CC(=O)OCCOC)cnc2s1. The van der Waals surface area contributed by atoms with Gasteiger partial charge in [0.15, 0.2) is 0 Å². The molecular formula is C13H16N2O4S. The van der Waals surface area contributed by atoms with Crippen LogP contribution in [0.2, 0.25) is 0 Å². The number of hydrogen-bond donors (Lipinski definition) is 0. The number of thiophene rings is 1. The fourth-order valence-corrected chi connectivity index (χ4v) is 2.65. The van der Waals surface area contributed by atoms with Crippen molar-refractivity contribution in [3.05, 3.63) is 27.6 Å². The molecule has 0 fully saturated rings. The molecule has 0 saturated heterocycles. The van der Waals surface area contributed by atoms with Crippen LogP contribution < -0.4 is 5.56 Å². The van der Waals surface area contributed by atoms with Gasteiger partial charge in [0.2, 0.25) is 0 Å². The van der Waals surface area contributed by atoms with Crippen LogP contribution in [0.3, 0.4) is 0 Å². The summed E-state index contributed by atoms with van der Waals surface area (Å²) in [6.45, 7) is 2.40. The molecule has 2 heterocycles. The Morgan fingerprint density at radius 2 is 2.25 bits per heavy atom. The maximum absolute atomic E-state index is 12.2. The van der Waals surface area contributed by atoms with E-state index in [0.29, 0.717) is 16.8 Å². The minimum absolute atomic E-state index is 0.136. The van der Waals surface area contributed by atoms with E-state index in [4.69, 9.17) is 9.47 Å². The monoisotopic (exact) mass is 296 g/mol. The molecule has 2 aromatic rings. The maximum atomic E-state index is 12.2. The van der Waals surface area contributed by atoms with E-state index in [2.05, 4.69) is 4.98 Å². The Hall–Kier alpha value is -1.73. The van der Waals surface area contributed by atoms with Crippen molar-refractivity contribution in [3.63, 3.8) is 0 Å². The zero-order valence-electron chi connectivity index (χ0n) is 11.4. The van der Waals surface area contributed by atoms with E-state index in [-0.39, 0.29) is 18.7 Å². The molecule has 0 atom stereocenters. The second-order valence-corrected chi connectivity index (χ2v) is 5.29. The van der Waals surface area contributed by atoms with E-state index >= 15 is 0 Å². The van der Waals surface area contributed by atoms with Crippen molar-refractivity contribution in [1.82, 2.24) is 9.55 Å². The van der Waals surface area contributed by atoms with Gasteiger partial charge >= 0.3 is 5.97 Å². The predicted molar refractivity (Wildman–Crippen MR) is 76.1 cm³/mol. The molecule has 2 aromatic heterocycles. The number of fused-ring (bicyclic) bond motifs is 1. The summed E-state index contributed by atoms with van der Waals surface area (Å²) in [5.74, 6) is -0.476. The van der Waals surface area contributed by atoms with Crippen LogP contribution in [-0.4, -0.2) is 35.8 Å². The number of carbonyl (C=O) groups excluding carboxylic acids is 1. The molecule has 0 N–H and O–H groups in total. The van der Waals surface area contributed by atoms with Gasteiger partial charge in [-0.1, -0.05) is 6.92 Å². The summed E-state index contributed by atoms with van der Waals surface area (Å²) in [5.41, 5.74) is -0.213. The smallest absolute Gasteiger partial charge is 0.326 e. The number of aromatic nitrogens is 2. The molecule has 2 rings (SSSR count). The van der Waals surface area contributed by atoms with Crippen molar-refractivity contribution in [2.75, 3.05) is 20.3 Å². The highest BCUT2D eigenvalue weighted by molar-refractivity contribution is 7.18. The molecule has 0 unspecified atom stereocenters. The lowest BCUT2D eigenvalue weighted by molar-refractivity contribution is -0.145. The molecule has 7 heteroatoms. The van der Waals surface area contributed by atoms with Crippen LogP contribution in [0.4, 0.5) is 0 Å². The zero-order valence-corrected chi connectivity index (χ0v) is 12.2. The van der Waals surface area contributed by atoms with Gasteiger partial charge in [-0.25, -0.2) is 4.98 Å². The lowest BCUT2D eigenvalue weighted by Gasteiger charge is -2.05. The molecule has 108 valence electrons. The fourth-order valence-electron chi connectivity index (χ4n) is 1.72. The van der Waals surface area contributed by atoms with E-state index in [1.54, 1.807) is 0 Å². The molecule has 0 amide bonds. The van der Waals surface area contributed by atoms with Crippen molar-refractivity contribution in [2.24, 2.45) is 0 Å². The van der Waals surface area contributed by atoms with Crippen LogP contribution >= 0.6 is 11.3 Å². The average Bonchev–Trinajstić information content (AvgIpc) is 2.86. The number of methoxy groups -OCH3 is 1. The summed E-state index contributed by atoms with van der Waals surface area (Å²) < 4.78 is 11.0. The number of ether oxygens (including phenoxy) is 2. The highest BCUT2D eigenvalue weighted by Crippen LogP contribution is 2.20. The normalized spacial score (nSPS) is 10.9. The van der Waals surface area contributed by atoms with Crippen molar-refractivity contribution in [3.8, 4) is 0 Å². The summed E-state index contributed by atoms with van der Waals surface area (Å²) in [6.07, 6.45) is 2.25. The summed E-state index contributed by atoms with van der Waals surface area (Å²) in [6, 6.07) is 1.84. The van der Waals surface area contributed by atoms with E-state index in [1.165, 1.54) is 29.3 Å². The van der Waals surface area contributed by atoms with Gasteiger partial charge in [0.05, 0.1) is 18.3 Å². The third kappa shape index (κ3) is 3.23. The minimum Gasteiger partial charge on any atom is -0.462 e. The van der Waals surface area contributed by atoms with E-state index < -0.39 is 5.97 Å². The van der Waals surface area contributed by atoms with Crippen molar-refractivity contribution in [2.45, 2.75) is 19.9 Å². The Morgan fingerprint density at radius 1 is 1.45 bits per heavy atom. The maximum Gasteiger partial charge on any atom is 0.326 e. The van der Waals surface area contributed by atoms with Gasteiger partial charge in [0.1, 0.15) is 18.0 Å². The molecule has 0 aromatic carbocycles. The van der Waals surface area contributed by atoms with Crippen LogP contribution in [0.1, 0.15) is 11.8 Å². The van der Waals surface area contributed by atoms with E-state index in [9.17, 15) is 9.59 Å². The third-order valence-electron chi connectivity index (χ3n) is 2.77. The highest BCUT2D eigenvalue weighted by Gasteiger charge is 2.11. The zero-order chi connectivity index (χ0) is 14.5. The molecule has 0 saturated carbocycles. The Kier molecular flexibility index (Phi) is 4.86. The molecule has 0 aliphatic carbocycles. The predicted octanol–water partition coefficient (Wildman–Crippen LogP) is 1.21. The van der Waals surface area contributed by atoms with Gasteiger partial charge in [0, 0.05) is 12.0 Å². The van der Waals surface area contributed by atoms with Crippen LogP contribution in [0, 0.1) is 0 Å². The van der Waals surface area contributed by atoms with Gasteiger partial charge in [-0.05, 0) is 12.5 Å². The molecule has 6 nitrogen and oxygen atoms in total. The number of rotatable bonds is 6. The fraction of sp³-hybridized carbons (Fsp3) is 0.462. The van der Waals surface area contributed by atoms with Gasteiger partial charge < -0.3 is 9.47 Å². The average molecular weight is 296 g/mol. The van der Waals surface area contributed by atoms with Gasteiger partial charge in [-0.3, -0.25) is 14.2 Å². The molecule has 0 aliphatic heterocycles. The van der Waals surface area contributed by atoms with Crippen LogP contribution in [-0.2, 0) is 27.2 Å². The van der Waals surface area contributed by atoms with Crippen LogP contribution in [0.5, 0.6) is 0 Å². The number of carbonyl (C=O) groups is 1. The Balaban J connectivity index is 2.16. The largest absolute Gasteiger partial charge is 0.462 e. The number of nitrogens with zero attached hydrogens (tertiary/aromatic N) is 2. The topological polar surface area (TPSA) is 70.4 Å². The van der Waals surface area contributed by atoms with Crippen molar-refractivity contribution >= 4 is 27.5 Å². The van der Waals surface area contributed by atoms with Gasteiger partial charge in [-0.15, -0.1) is 11.3 Å². The molecule has 0 aliphatic rings. The molecule has 0 bridgehead atoms. The lowest BCUT2D eigenvalue weighted by atomic mass is 10.3. The first-order valence-electron chi connectivity index (χ1n) is 6.28.